The number of nitrogens with zero attached hydrogens (tertiary/aromatic N) is 3. The largest absolute Gasteiger partial charge is 0.354 e. The quantitative estimate of drug-likeness (QED) is 0.463. The monoisotopic (exact) mass is 399 g/mol. The van der Waals surface area contributed by atoms with Crippen molar-refractivity contribution in [1.29, 1.82) is 0 Å². The molecule has 0 bridgehead atoms. The van der Waals surface area contributed by atoms with Crippen molar-refractivity contribution in [3.63, 3.8) is 0 Å². The maximum Gasteiger partial charge on any atom is 0.268 e. The lowest BCUT2D eigenvalue weighted by atomic mass is 9.96. The summed E-state index contributed by atoms with van der Waals surface area (Å²) in [6.07, 6.45) is 0. The smallest absolute Gasteiger partial charge is 0.268 e. The van der Waals surface area contributed by atoms with Crippen LogP contribution in [0.4, 0.5) is 10.8 Å². The number of benzene rings is 3. The van der Waals surface area contributed by atoms with Crippen LogP contribution in [0.25, 0.3) is 21.3 Å². The van der Waals surface area contributed by atoms with E-state index in [1.807, 2.05) is 73.6 Å². The SMILES string of the molecule is CN(C)c1nc2c3c(c(-c4ccccc4)cc2s1)C(=O)N(c1ccccc1)C3=O. The second-order valence-corrected chi connectivity index (χ2v) is 8.07. The molecule has 0 fully saturated rings. The van der Waals surface area contributed by atoms with E-state index in [1.54, 1.807) is 12.1 Å². The molecule has 1 aliphatic rings. The Bertz CT molecular complexity index is 1260. The highest BCUT2D eigenvalue weighted by Crippen LogP contribution is 2.42. The van der Waals surface area contributed by atoms with Gasteiger partial charge in [0.25, 0.3) is 11.8 Å². The van der Waals surface area contributed by atoms with Crippen LogP contribution in [0.5, 0.6) is 0 Å². The first-order valence-electron chi connectivity index (χ1n) is 9.20. The zero-order valence-corrected chi connectivity index (χ0v) is 16.7. The molecule has 0 unspecified atom stereocenters. The lowest BCUT2D eigenvalue weighted by Gasteiger charge is -2.13. The van der Waals surface area contributed by atoms with Gasteiger partial charge in [-0.25, -0.2) is 9.88 Å². The van der Waals surface area contributed by atoms with Gasteiger partial charge in [0.2, 0.25) is 0 Å². The number of rotatable bonds is 3. The highest BCUT2D eigenvalue weighted by molar-refractivity contribution is 7.22. The summed E-state index contributed by atoms with van der Waals surface area (Å²) < 4.78 is 0.891. The van der Waals surface area contributed by atoms with E-state index < -0.39 is 0 Å². The molecule has 0 radical (unpaired) electrons. The summed E-state index contributed by atoms with van der Waals surface area (Å²) in [6.45, 7) is 0. The lowest BCUT2D eigenvalue weighted by Crippen LogP contribution is -2.29. The lowest BCUT2D eigenvalue weighted by molar-refractivity contribution is 0.0927. The highest BCUT2D eigenvalue weighted by atomic mass is 32.1. The minimum Gasteiger partial charge on any atom is -0.354 e. The second-order valence-electron chi connectivity index (χ2n) is 7.06. The average Bonchev–Trinajstić information content (AvgIpc) is 3.28. The molecule has 2 amide bonds. The second kappa shape index (κ2) is 6.53. The van der Waals surface area contributed by atoms with Crippen LogP contribution >= 0.6 is 11.3 Å². The highest BCUT2D eigenvalue weighted by Gasteiger charge is 2.41. The number of para-hydroxylation sites is 1. The minimum absolute atomic E-state index is 0.309. The Balaban J connectivity index is 1.83. The summed E-state index contributed by atoms with van der Waals surface area (Å²) in [5, 5.41) is 0.797. The molecule has 142 valence electrons. The zero-order chi connectivity index (χ0) is 20.1. The molecule has 6 heteroatoms. The molecule has 0 saturated heterocycles. The summed E-state index contributed by atoms with van der Waals surface area (Å²) >= 11 is 1.51. The molecule has 5 nitrogen and oxygen atoms in total. The molecule has 0 aliphatic carbocycles. The Labute approximate surface area is 171 Å². The van der Waals surface area contributed by atoms with E-state index in [9.17, 15) is 9.59 Å². The summed E-state index contributed by atoms with van der Waals surface area (Å²) in [5.74, 6) is -0.633. The van der Waals surface area contributed by atoms with Gasteiger partial charge in [0.05, 0.1) is 27.0 Å². The van der Waals surface area contributed by atoms with Crippen LogP contribution in [-0.4, -0.2) is 30.9 Å². The van der Waals surface area contributed by atoms with Crippen LogP contribution in [0.2, 0.25) is 0 Å². The number of amides is 2. The Kier molecular flexibility index (Phi) is 3.96. The van der Waals surface area contributed by atoms with Crippen LogP contribution in [0.15, 0.2) is 66.7 Å². The standard InChI is InChI=1S/C23H17N3O2S/c1-25(2)23-24-20-17(29-23)13-16(14-9-5-3-6-10-14)18-19(20)22(28)26(21(18)27)15-11-7-4-8-12-15/h3-13H,1-2H3. The van der Waals surface area contributed by atoms with Gasteiger partial charge in [0, 0.05) is 14.1 Å². The number of thiazole rings is 1. The van der Waals surface area contributed by atoms with Gasteiger partial charge >= 0.3 is 0 Å². The normalized spacial score (nSPS) is 13.2. The van der Waals surface area contributed by atoms with E-state index in [-0.39, 0.29) is 11.8 Å². The number of imide groups is 1. The van der Waals surface area contributed by atoms with Gasteiger partial charge < -0.3 is 4.90 Å². The molecule has 0 spiro atoms. The Morgan fingerprint density at radius 3 is 2.14 bits per heavy atom. The van der Waals surface area contributed by atoms with Gasteiger partial charge in [-0.05, 0) is 29.3 Å². The number of hydrogen-bond donors (Lipinski definition) is 0. The van der Waals surface area contributed by atoms with Crippen molar-refractivity contribution in [1.82, 2.24) is 4.98 Å². The van der Waals surface area contributed by atoms with Gasteiger partial charge in [-0.3, -0.25) is 9.59 Å². The molecule has 0 N–H and O–H groups in total. The third kappa shape index (κ3) is 2.64. The van der Waals surface area contributed by atoms with Crippen molar-refractivity contribution < 1.29 is 9.59 Å². The van der Waals surface area contributed by atoms with E-state index in [1.165, 1.54) is 16.2 Å². The minimum atomic E-state index is -0.324. The predicted molar refractivity (Wildman–Crippen MR) is 117 cm³/mol. The van der Waals surface area contributed by atoms with Crippen molar-refractivity contribution in [2.24, 2.45) is 0 Å². The van der Waals surface area contributed by atoms with Crippen molar-refractivity contribution in [3.05, 3.63) is 77.9 Å². The molecule has 1 aromatic heterocycles. The molecular weight excluding hydrogens is 382 g/mol. The fourth-order valence-corrected chi connectivity index (χ4v) is 4.59. The predicted octanol–water partition coefficient (Wildman–Crippen LogP) is 4.83. The maximum atomic E-state index is 13.5. The number of carbonyl (C=O) groups excluding carboxylic acids is 2. The van der Waals surface area contributed by atoms with Crippen LogP contribution in [0.1, 0.15) is 20.7 Å². The number of aromatic nitrogens is 1. The molecule has 1 aliphatic heterocycles. The molecule has 2 heterocycles. The first-order chi connectivity index (χ1) is 14.1. The number of anilines is 2. The van der Waals surface area contributed by atoms with Gasteiger partial charge in [0.15, 0.2) is 5.13 Å². The van der Waals surface area contributed by atoms with Crippen LogP contribution in [-0.2, 0) is 0 Å². The van der Waals surface area contributed by atoms with E-state index in [0.717, 1.165) is 21.0 Å². The number of hydrogen-bond acceptors (Lipinski definition) is 5. The first kappa shape index (κ1) is 17.6. The van der Waals surface area contributed by atoms with Gasteiger partial charge in [-0.15, -0.1) is 0 Å². The van der Waals surface area contributed by atoms with Gasteiger partial charge in [0.1, 0.15) is 0 Å². The Morgan fingerprint density at radius 1 is 0.862 bits per heavy atom. The molecule has 4 aromatic rings. The topological polar surface area (TPSA) is 53.5 Å². The third-order valence-electron chi connectivity index (χ3n) is 4.99. The first-order valence-corrected chi connectivity index (χ1v) is 10.0. The number of carbonyl (C=O) groups is 2. The van der Waals surface area contributed by atoms with Crippen LogP contribution < -0.4 is 9.80 Å². The number of fused-ring (bicyclic) bond motifs is 3. The van der Waals surface area contributed by atoms with E-state index in [2.05, 4.69) is 4.98 Å². The van der Waals surface area contributed by atoms with Crippen LogP contribution in [0.3, 0.4) is 0 Å². The van der Waals surface area contributed by atoms with Crippen molar-refractivity contribution in [3.8, 4) is 11.1 Å². The Morgan fingerprint density at radius 2 is 1.48 bits per heavy atom. The Hall–Kier alpha value is -3.51. The van der Waals surface area contributed by atoms with Crippen molar-refractivity contribution >= 4 is 44.2 Å². The maximum absolute atomic E-state index is 13.5. The van der Waals surface area contributed by atoms with E-state index >= 15 is 0 Å². The zero-order valence-electron chi connectivity index (χ0n) is 15.9. The van der Waals surface area contributed by atoms with E-state index in [4.69, 9.17) is 0 Å². The summed E-state index contributed by atoms with van der Waals surface area (Å²) in [4.78, 5) is 34.7. The molecule has 0 atom stereocenters. The third-order valence-corrected chi connectivity index (χ3v) is 6.16. The molecule has 3 aromatic carbocycles. The fraction of sp³-hybridized carbons (Fsp3) is 0.0870. The summed E-state index contributed by atoms with van der Waals surface area (Å²) in [7, 11) is 3.83. The van der Waals surface area contributed by atoms with Crippen LogP contribution in [0, 0.1) is 0 Å². The molecule has 29 heavy (non-hydrogen) atoms. The molecule has 0 saturated carbocycles. The fourth-order valence-electron chi connectivity index (χ4n) is 3.65. The summed E-state index contributed by atoms with van der Waals surface area (Å²) in [6, 6.07) is 20.7. The van der Waals surface area contributed by atoms with Crippen molar-refractivity contribution in [2.75, 3.05) is 23.9 Å². The van der Waals surface area contributed by atoms with Gasteiger partial charge in [-0.2, -0.15) is 0 Å². The van der Waals surface area contributed by atoms with E-state index in [0.29, 0.717) is 22.3 Å². The molecule has 5 rings (SSSR count). The molecular formula is C23H17N3O2S. The summed E-state index contributed by atoms with van der Waals surface area (Å²) in [5.41, 5.74) is 3.63. The van der Waals surface area contributed by atoms with Gasteiger partial charge in [-0.1, -0.05) is 59.9 Å². The average molecular weight is 399 g/mol. The van der Waals surface area contributed by atoms with Crippen molar-refractivity contribution in [2.45, 2.75) is 0 Å².